The van der Waals surface area contributed by atoms with Gasteiger partial charge in [-0.2, -0.15) is 4.31 Å². The maximum atomic E-state index is 12.8. The topological polar surface area (TPSA) is 68.4 Å². The summed E-state index contributed by atoms with van der Waals surface area (Å²) >= 11 is 0. The number of fused-ring (bicyclic) bond motifs is 3. The highest BCUT2D eigenvalue weighted by atomic mass is 32.2. The van der Waals surface area contributed by atoms with Gasteiger partial charge in [-0.15, -0.1) is 0 Å². The number of halogens is 1. The molecule has 3 heterocycles. The van der Waals surface area contributed by atoms with Gasteiger partial charge in [0.2, 0.25) is 10.0 Å². The van der Waals surface area contributed by atoms with Crippen LogP contribution in [0.1, 0.15) is 36.2 Å². The van der Waals surface area contributed by atoms with Crippen molar-refractivity contribution in [1.29, 1.82) is 0 Å². The molecule has 2 atom stereocenters. The summed E-state index contributed by atoms with van der Waals surface area (Å²) in [5, 5.41) is 4.70. The molecule has 0 amide bonds. The average Bonchev–Trinajstić information content (AvgIpc) is 3.12. The van der Waals surface area contributed by atoms with Crippen molar-refractivity contribution in [3.8, 4) is 0 Å². The van der Waals surface area contributed by atoms with Gasteiger partial charge in [-0.05, 0) is 49.1 Å². The van der Waals surface area contributed by atoms with Crippen molar-refractivity contribution < 1.29 is 12.8 Å². The third-order valence-corrected chi connectivity index (χ3v) is 8.19. The molecule has 0 saturated carbocycles. The number of H-pyrrole nitrogens is 1. The van der Waals surface area contributed by atoms with Crippen molar-refractivity contribution in [1.82, 2.24) is 14.2 Å². The van der Waals surface area contributed by atoms with E-state index in [1.807, 2.05) is 49.4 Å². The molecule has 0 aliphatic carbocycles. The molecule has 2 aliphatic heterocycles. The fraction of sp³-hybridized carbons (Fsp3) is 0.440. The van der Waals surface area contributed by atoms with E-state index in [0.717, 1.165) is 47.5 Å². The average molecular weight is 471 g/mol. The third-order valence-electron chi connectivity index (χ3n) is 6.85. The van der Waals surface area contributed by atoms with Crippen molar-refractivity contribution in [2.45, 2.75) is 37.9 Å². The number of likely N-dealkylation sites (tertiary alicyclic amines) is 1. The SMILES string of the molecule is C[C@@H]1Cc2c([nH]c3ccccc23)[C@@H](c2ccc(NC3CN(CCCF)C3)cc2)N1S(C)(=O)=O. The number of aromatic amines is 1. The van der Waals surface area contributed by atoms with E-state index in [-0.39, 0.29) is 18.8 Å². The Hall–Kier alpha value is -2.42. The Morgan fingerprint density at radius 3 is 2.55 bits per heavy atom. The molecule has 2 N–H and O–H groups in total. The minimum Gasteiger partial charge on any atom is -0.380 e. The molecule has 0 radical (unpaired) electrons. The minimum atomic E-state index is -3.42. The standard InChI is InChI=1S/C25H31FN4O2S/c1-17-14-22-21-6-3-4-7-23(21)28-24(22)25(30(17)33(2,31)32)18-8-10-19(11-9-18)27-20-15-29(16-20)13-5-12-26/h3-4,6-11,17,20,25,27-28H,5,12-16H2,1-2H3/t17-,25-/m1/s1. The number of sulfonamides is 1. The van der Waals surface area contributed by atoms with E-state index in [2.05, 4.69) is 21.3 Å². The van der Waals surface area contributed by atoms with Crippen LogP contribution < -0.4 is 5.32 Å². The highest BCUT2D eigenvalue weighted by Gasteiger charge is 2.40. The summed E-state index contributed by atoms with van der Waals surface area (Å²) in [6, 6.07) is 16.1. The molecule has 0 spiro atoms. The Bertz CT molecular complexity index is 1240. The number of benzene rings is 2. The van der Waals surface area contributed by atoms with Gasteiger partial charge >= 0.3 is 0 Å². The van der Waals surface area contributed by atoms with E-state index in [0.29, 0.717) is 18.9 Å². The van der Waals surface area contributed by atoms with E-state index >= 15 is 0 Å². The lowest BCUT2D eigenvalue weighted by atomic mass is 9.91. The van der Waals surface area contributed by atoms with Crippen molar-refractivity contribution in [2.75, 3.05) is 37.9 Å². The molecule has 176 valence electrons. The summed E-state index contributed by atoms with van der Waals surface area (Å²) in [5.74, 6) is 0. The zero-order valence-electron chi connectivity index (χ0n) is 19.1. The summed E-state index contributed by atoms with van der Waals surface area (Å²) in [6.45, 7) is 4.37. The highest BCUT2D eigenvalue weighted by molar-refractivity contribution is 7.88. The molecule has 3 aromatic rings. The van der Waals surface area contributed by atoms with Crippen molar-refractivity contribution in [2.24, 2.45) is 0 Å². The fourth-order valence-corrected chi connectivity index (χ4v) is 6.74. The van der Waals surface area contributed by atoms with Gasteiger partial charge in [0.05, 0.1) is 25.0 Å². The number of anilines is 1. The first-order chi connectivity index (χ1) is 15.8. The largest absolute Gasteiger partial charge is 0.380 e. The minimum absolute atomic E-state index is 0.139. The molecule has 1 fully saturated rings. The normalized spacial score (nSPS) is 22.3. The molecule has 2 aromatic carbocycles. The van der Waals surface area contributed by atoms with Crippen LogP contribution in [0.5, 0.6) is 0 Å². The number of rotatable bonds is 7. The molecule has 2 aliphatic rings. The number of nitrogens with zero attached hydrogens (tertiary/aromatic N) is 2. The number of nitrogens with one attached hydrogen (secondary N) is 2. The predicted molar refractivity (Wildman–Crippen MR) is 131 cm³/mol. The second kappa shape index (κ2) is 8.74. The van der Waals surface area contributed by atoms with E-state index in [9.17, 15) is 12.8 Å². The fourth-order valence-electron chi connectivity index (χ4n) is 5.40. The Labute approximate surface area is 194 Å². The highest BCUT2D eigenvalue weighted by Crippen LogP contribution is 2.42. The molecule has 1 saturated heterocycles. The molecule has 6 nitrogen and oxygen atoms in total. The molecule has 1 aromatic heterocycles. The Kier molecular flexibility index (Phi) is 5.93. The van der Waals surface area contributed by atoms with Crippen LogP contribution in [-0.4, -0.2) is 67.3 Å². The summed E-state index contributed by atoms with van der Waals surface area (Å²) in [4.78, 5) is 5.77. The van der Waals surface area contributed by atoms with Crippen LogP contribution in [-0.2, 0) is 16.4 Å². The van der Waals surface area contributed by atoms with Crippen LogP contribution in [0.2, 0.25) is 0 Å². The molecule has 0 bridgehead atoms. The Morgan fingerprint density at radius 2 is 1.85 bits per heavy atom. The van der Waals surface area contributed by atoms with Crippen LogP contribution in [0.25, 0.3) is 10.9 Å². The second-order valence-electron chi connectivity index (χ2n) is 9.38. The van der Waals surface area contributed by atoms with Crippen LogP contribution in [0, 0.1) is 0 Å². The zero-order valence-corrected chi connectivity index (χ0v) is 19.9. The van der Waals surface area contributed by atoms with Crippen LogP contribution >= 0.6 is 0 Å². The number of hydrogen-bond donors (Lipinski definition) is 2. The smallest absolute Gasteiger partial charge is 0.212 e. The lowest BCUT2D eigenvalue weighted by Gasteiger charge is -2.40. The third kappa shape index (κ3) is 4.27. The summed E-state index contributed by atoms with van der Waals surface area (Å²) in [6.07, 6.45) is 2.57. The first kappa shape index (κ1) is 22.4. The van der Waals surface area contributed by atoms with E-state index in [1.54, 1.807) is 4.31 Å². The summed E-state index contributed by atoms with van der Waals surface area (Å²) < 4.78 is 39.7. The first-order valence-electron chi connectivity index (χ1n) is 11.6. The Morgan fingerprint density at radius 1 is 1.12 bits per heavy atom. The molecule has 5 rings (SSSR count). The Balaban J connectivity index is 1.43. The maximum absolute atomic E-state index is 12.8. The van der Waals surface area contributed by atoms with Crippen LogP contribution in [0.3, 0.4) is 0 Å². The molecular formula is C25H31FN4O2S. The predicted octanol–water partition coefficient (Wildman–Crippen LogP) is 3.92. The lowest BCUT2D eigenvalue weighted by Crippen LogP contribution is -2.54. The van der Waals surface area contributed by atoms with Gasteiger partial charge in [0.15, 0.2) is 0 Å². The molecule has 8 heteroatoms. The zero-order chi connectivity index (χ0) is 23.2. The molecule has 0 unspecified atom stereocenters. The van der Waals surface area contributed by atoms with E-state index in [4.69, 9.17) is 0 Å². The van der Waals surface area contributed by atoms with Crippen molar-refractivity contribution in [3.05, 3.63) is 65.4 Å². The van der Waals surface area contributed by atoms with Crippen molar-refractivity contribution in [3.63, 3.8) is 0 Å². The summed E-state index contributed by atoms with van der Waals surface area (Å²) in [5.41, 5.74) is 5.16. The quantitative estimate of drug-likeness (QED) is 0.549. The first-order valence-corrected chi connectivity index (χ1v) is 13.4. The van der Waals surface area contributed by atoms with Gasteiger partial charge in [-0.1, -0.05) is 30.3 Å². The number of aromatic nitrogens is 1. The van der Waals surface area contributed by atoms with Gasteiger partial charge in [0.1, 0.15) is 0 Å². The monoisotopic (exact) mass is 470 g/mol. The number of hydrogen-bond acceptors (Lipinski definition) is 4. The van der Waals surface area contributed by atoms with E-state index in [1.165, 1.54) is 11.8 Å². The van der Waals surface area contributed by atoms with Gasteiger partial charge in [0, 0.05) is 48.0 Å². The van der Waals surface area contributed by atoms with Gasteiger partial charge in [0.25, 0.3) is 0 Å². The maximum Gasteiger partial charge on any atom is 0.212 e. The second-order valence-corrected chi connectivity index (χ2v) is 11.3. The number of alkyl halides is 1. The number of para-hydroxylation sites is 1. The molecular weight excluding hydrogens is 439 g/mol. The van der Waals surface area contributed by atoms with Gasteiger partial charge in [-0.25, -0.2) is 8.42 Å². The summed E-state index contributed by atoms with van der Waals surface area (Å²) in [7, 11) is -3.42. The van der Waals surface area contributed by atoms with Gasteiger partial charge < -0.3 is 10.3 Å². The lowest BCUT2D eigenvalue weighted by molar-refractivity contribution is 0.155. The van der Waals surface area contributed by atoms with Crippen LogP contribution in [0.15, 0.2) is 48.5 Å². The van der Waals surface area contributed by atoms with Crippen molar-refractivity contribution >= 4 is 26.6 Å². The van der Waals surface area contributed by atoms with Crippen LogP contribution in [0.4, 0.5) is 10.1 Å². The molecule has 33 heavy (non-hydrogen) atoms. The van der Waals surface area contributed by atoms with Gasteiger partial charge in [-0.3, -0.25) is 9.29 Å². The van der Waals surface area contributed by atoms with E-state index < -0.39 is 10.0 Å².